The molecule has 1 amide bonds. The van der Waals surface area contributed by atoms with E-state index in [1.165, 1.54) is 0 Å². The van der Waals surface area contributed by atoms with Crippen LogP contribution in [0.25, 0.3) is 0 Å². The average molecular weight is 257 g/mol. The monoisotopic (exact) mass is 257 g/mol. The molecule has 0 aromatic heterocycles. The summed E-state index contributed by atoms with van der Waals surface area (Å²) in [6.07, 6.45) is -2.09. The maximum atomic E-state index is 10.9. The Kier molecular flexibility index (Phi) is 4.15. The summed E-state index contributed by atoms with van der Waals surface area (Å²) < 4.78 is 0. The van der Waals surface area contributed by atoms with Gasteiger partial charge >= 0.3 is 6.09 Å². The van der Waals surface area contributed by atoms with E-state index in [-0.39, 0.29) is 0 Å². The highest BCUT2D eigenvalue weighted by molar-refractivity contribution is 5.65. The molecule has 2 atom stereocenters. The van der Waals surface area contributed by atoms with E-state index >= 15 is 0 Å². The smallest absolute Gasteiger partial charge is 0.405 e. The highest BCUT2D eigenvalue weighted by atomic mass is 16.4. The normalized spacial score (nSPS) is 13.5. The Labute approximate surface area is 111 Å². The number of carbonyl (C=O) groups is 1. The Balaban J connectivity index is 2.30. The molecule has 0 radical (unpaired) electrons. The first-order chi connectivity index (χ1) is 9.18. The minimum atomic E-state index is -1.16. The van der Waals surface area contributed by atoms with Gasteiger partial charge in [0, 0.05) is 0 Å². The fourth-order valence-corrected chi connectivity index (χ4v) is 1.98. The zero-order valence-electron chi connectivity index (χ0n) is 10.2. The van der Waals surface area contributed by atoms with E-state index in [0.29, 0.717) is 5.56 Å². The van der Waals surface area contributed by atoms with Gasteiger partial charge in [-0.05, 0) is 11.1 Å². The number of hydrogen-bond donors (Lipinski definition) is 3. The molecule has 0 bridgehead atoms. The van der Waals surface area contributed by atoms with Crippen LogP contribution in [0.2, 0.25) is 0 Å². The predicted octanol–water partition coefficient (Wildman–Crippen LogP) is 2.73. The second kappa shape index (κ2) is 6.02. The first-order valence-corrected chi connectivity index (χ1v) is 5.96. The standard InChI is InChI=1S/C15H15NO3/c17-14(12-9-5-2-6-10-12)13(16-15(18)19)11-7-3-1-4-8-11/h1-10,13-14,16-17H,(H,18,19)/t13-,14+/m1/s1. The van der Waals surface area contributed by atoms with Gasteiger partial charge in [0.1, 0.15) is 6.10 Å². The van der Waals surface area contributed by atoms with Crippen LogP contribution in [0.4, 0.5) is 4.79 Å². The Hall–Kier alpha value is -2.33. The van der Waals surface area contributed by atoms with Gasteiger partial charge in [-0.1, -0.05) is 60.7 Å². The Morgan fingerprint density at radius 3 is 1.84 bits per heavy atom. The molecule has 2 rings (SSSR count). The molecule has 98 valence electrons. The number of rotatable bonds is 4. The number of carboxylic acid groups (broad SMARTS) is 1. The van der Waals surface area contributed by atoms with Crippen molar-refractivity contribution in [3.05, 3.63) is 71.8 Å². The summed E-state index contributed by atoms with van der Waals surface area (Å²) in [5.74, 6) is 0. The van der Waals surface area contributed by atoms with Gasteiger partial charge in [-0.25, -0.2) is 4.79 Å². The molecule has 0 unspecified atom stereocenters. The van der Waals surface area contributed by atoms with Crippen LogP contribution in [-0.2, 0) is 0 Å². The van der Waals surface area contributed by atoms with Gasteiger partial charge in [-0.3, -0.25) is 0 Å². The summed E-state index contributed by atoms with van der Waals surface area (Å²) >= 11 is 0. The third-order valence-electron chi connectivity index (χ3n) is 2.89. The minimum absolute atomic E-state index is 0.671. The number of nitrogens with one attached hydrogen (secondary N) is 1. The van der Waals surface area contributed by atoms with Crippen LogP contribution in [0, 0.1) is 0 Å². The lowest BCUT2D eigenvalue weighted by Gasteiger charge is -2.23. The van der Waals surface area contributed by atoms with E-state index in [1.807, 2.05) is 24.3 Å². The van der Waals surface area contributed by atoms with Crippen LogP contribution >= 0.6 is 0 Å². The molecular weight excluding hydrogens is 242 g/mol. The first kappa shape index (κ1) is 13.1. The van der Waals surface area contributed by atoms with Crippen molar-refractivity contribution >= 4 is 6.09 Å². The SMILES string of the molecule is O=C(O)N[C@H](c1ccccc1)[C@@H](O)c1ccccc1. The number of aliphatic hydroxyl groups excluding tert-OH is 1. The molecule has 4 nitrogen and oxygen atoms in total. The summed E-state index contributed by atoms with van der Waals surface area (Å²) in [4.78, 5) is 10.9. The molecule has 2 aromatic rings. The van der Waals surface area contributed by atoms with Crippen molar-refractivity contribution in [2.24, 2.45) is 0 Å². The van der Waals surface area contributed by atoms with E-state index in [9.17, 15) is 9.90 Å². The summed E-state index contributed by atoms with van der Waals surface area (Å²) in [6.45, 7) is 0. The Morgan fingerprint density at radius 2 is 1.37 bits per heavy atom. The van der Waals surface area contributed by atoms with Crippen molar-refractivity contribution in [3.63, 3.8) is 0 Å². The zero-order chi connectivity index (χ0) is 13.7. The second-order valence-electron chi connectivity index (χ2n) is 4.19. The number of benzene rings is 2. The third kappa shape index (κ3) is 3.33. The molecule has 4 heteroatoms. The number of hydrogen-bond acceptors (Lipinski definition) is 2. The van der Waals surface area contributed by atoms with Gasteiger partial charge in [-0.15, -0.1) is 0 Å². The van der Waals surface area contributed by atoms with E-state index in [4.69, 9.17) is 5.11 Å². The van der Waals surface area contributed by atoms with E-state index in [0.717, 1.165) is 5.56 Å². The van der Waals surface area contributed by atoms with Gasteiger partial charge in [0.15, 0.2) is 0 Å². The fourth-order valence-electron chi connectivity index (χ4n) is 1.98. The van der Waals surface area contributed by atoms with E-state index in [1.54, 1.807) is 36.4 Å². The molecule has 0 aliphatic heterocycles. The molecule has 0 heterocycles. The van der Waals surface area contributed by atoms with Crippen LogP contribution < -0.4 is 5.32 Å². The highest BCUT2D eigenvalue weighted by Crippen LogP contribution is 2.28. The molecule has 2 aromatic carbocycles. The molecule has 0 saturated carbocycles. The molecule has 0 aliphatic carbocycles. The van der Waals surface area contributed by atoms with Crippen molar-refractivity contribution in [2.45, 2.75) is 12.1 Å². The quantitative estimate of drug-likeness (QED) is 0.788. The molecule has 0 saturated heterocycles. The van der Waals surface area contributed by atoms with Crippen LogP contribution in [-0.4, -0.2) is 16.3 Å². The lowest BCUT2D eigenvalue weighted by Crippen LogP contribution is -2.31. The second-order valence-corrected chi connectivity index (χ2v) is 4.19. The van der Waals surface area contributed by atoms with Gasteiger partial charge in [-0.2, -0.15) is 0 Å². The fraction of sp³-hybridized carbons (Fsp3) is 0.133. The molecule has 3 N–H and O–H groups in total. The van der Waals surface area contributed by atoms with Gasteiger partial charge in [0.05, 0.1) is 6.04 Å². The topological polar surface area (TPSA) is 69.6 Å². The van der Waals surface area contributed by atoms with Crippen LogP contribution in [0.3, 0.4) is 0 Å². The molecule has 0 fully saturated rings. The largest absolute Gasteiger partial charge is 0.465 e. The lowest BCUT2D eigenvalue weighted by molar-refractivity contribution is 0.120. The van der Waals surface area contributed by atoms with Crippen molar-refractivity contribution in [2.75, 3.05) is 0 Å². The summed E-state index contributed by atoms with van der Waals surface area (Å²) in [5, 5.41) is 21.6. The van der Waals surface area contributed by atoms with Crippen LogP contribution in [0.15, 0.2) is 60.7 Å². The summed E-state index contributed by atoms with van der Waals surface area (Å²) in [5.41, 5.74) is 1.39. The van der Waals surface area contributed by atoms with Crippen LogP contribution in [0.1, 0.15) is 23.3 Å². The van der Waals surface area contributed by atoms with E-state index < -0.39 is 18.2 Å². The summed E-state index contributed by atoms with van der Waals surface area (Å²) in [7, 11) is 0. The predicted molar refractivity (Wildman–Crippen MR) is 71.7 cm³/mol. The Bertz CT molecular complexity index is 528. The van der Waals surface area contributed by atoms with Crippen molar-refractivity contribution < 1.29 is 15.0 Å². The number of aliphatic hydroxyl groups is 1. The maximum Gasteiger partial charge on any atom is 0.405 e. The van der Waals surface area contributed by atoms with Crippen molar-refractivity contribution in [1.82, 2.24) is 5.32 Å². The number of amides is 1. The van der Waals surface area contributed by atoms with Crippen molar-refractivity contribution in [1.29, 1.82) is 0 Å². The Morgan fingerprint density at radius 1 is 0.895 bits per heavy atom. The first-order valence-electron chi connectivity index (χ1n) is 5.96. The van der Waals surface area contributed by atoms with Crippen LogP contribution in [0.5, 0.6) is 0 Å². The maximum absolute atomic E-state index is 10.9. The molecular formula is C15H15NO3. The summed E-state index contributed by atoms with van der Waals surface area (Å²) in [6, 6.07) is 17.3. The molecule has 0 aliphatic rings. The van der Waals surface area contributed by atoms with Crippen molar-refractivity contribution in [3.8, 4) is 0 Å². The molecule has 0 spiro atoms. The van der Waals surface area contributed by atoms with Gasteiger partial charge in [0.2, 0.25) is 0 Å². The van der Waals surface area contributed by atoms with Gasteiger partial charge in [0.25, 0.3) is 0 Å². The lowest BCUT2D eigenvalue weighted by atomic mass is 9.96. The highest BCUT2D eigenvalue weighted by Gasteiger charge is 2.24. The molecule has 19 heavy (non-hydrogen) atoms. The average Bonchev–Trinajstić information content (AvgIpc) is 2.46. The third-order valence-corrected chi connectivity index (χ3v) is 2.89. The van der Waals surface area contributed by atoms with E-state index in [2.05, 4.69) is 5.32 Å². The van der Waals surface area contributed by atoms with Gasteiger partial charge < -0.3 is 15.5 Å². The zero-order valence-corrected chi connectivity index (χ0v) is 10.2. The minimum Gasteiger partial charge on any atom is -0.465 e.